The molecule has 0 spiro atoms. The van der Waals surface area contributed by atoms with Crippen LogP contribution >= 0.6 is 0 Å². The minimum atomic E-state index is -0.0490. The van der Waals surface area contributed by atoms with Gasteiger partial charge in [0, 0.05) is 30.4 Å². The highest BCUT2D eigenvalue weighted by Gasteiger charge is 2.11. The molecule has 3 rings (SSSR count). The molecule has 0 saturated carbocycles. The minimum absolute atomic E-state index is 0.0490. The topological polar surface area (TPSA) is 84.1 Å². The van der Waals surface area contributed by atoms with Gasteiger partial charge in [-0.3, -0.25) is 4.79 Å². The van der Waals surface area contributed by atoms with Gasteiger partial charge in [-0.1, -0.05) is 18.6 Å². The van der Waals surface area contributed by atoms with Crippen molar-refractivity contribution in [3.63, 3.8) is 0 Å². The van der Waals surface area contributed by atoms with Crippen LogP contribution < -0.4 is 11.1 Å². The summed E-state index contributed by atoms with van der Waals surface area (Å²) in [6, 6.07) is 8.91. The highest BCUT2D eigenvalue weighted by Crippen LogP contribution is 2.16. The molecule has 6 heteroatoms. The molecule has 126 valence electrons. The maximum atomic E-state index is 12.2. The van der Waals surface area contributed by atoms with Gasteiger partial charge in [-0.05, 0) is 44.1 Å². The second-order valence-electron chi connectivity index (χ2n) is 6.04. The molecular weight excluding hydrogens is 302 g/mol. The van der Waals surface area contributed by atoms with E-state index in [0.717, 1.165) is 25.2 Å². The van der Waals surface area contributed by atoms with Gasteiger partial charge in [-0.15, -0.1) is 0 Å². The Hall–Kier alpha value is -2.47. The first kappa shape index (κ1) is 16.4. The lowest BCUT2D eigenvalue weighted by Gasteiger charge is -2.26. The van der Waals surface area contributed by atoms with Gasteiger partial charge in [0.25, 0.3) is 5.91 Å². The average molecular weight is 325 g/mol. The van der Waals surface area contributed by atoms with Gasteiger partial charge < -0.3 is 16.0 Å². The number of nitrogen functional groups attached to an aromatic ring is 1. The SMILES string of the molecule is Nc1ccnc(-c2ccc(C(=O)NCCN3CCCCC3)cc2)n1. The van der Waals surface area contributed by atoms with Gasteiger partial charge in [-0.2, -0.15) is 0 Å². The predicted molar refractivity (Wildman–Crippen MR) is 94.5 cm³/mol. The largest absolute Gasteiger partial charge is 0.384 e. The Morgan fingerprint density at radius 3 is 2.58 bits per heavy atom. The molecule has 1 saturated heterocycles. The van der Waals surface area contributed by atoms with Crippen molar-refractivity contribution < 1.29 is 4.79 Å². The molecule has 1 aliphatic rings. The Morgan fingerprint density at radius 1 is 1.12 bits per heavy atom. The zero-order valence-electron chi connectivity index (χ0n) is 13.7. The molecule has 0 aliphatic carbocycles. The number of amides is 1. The summed E-state index contributed by atoms with van der Waals surface area (Å²) >= 11 is 0. The summed E-state index contributed by atoms with van der Waals surface area (Å²) in [5.74, 6) is 0.943. The molecule has 1 amide bonds. The Labute approximate surface area is 142 Å². The Bertz CT molecular complexity index is 680. The van der Waals surface area contributed by atoms with Crippen LogP contribution in [0.15, 0.2) is 36.5 Å². The number of rotatable bonds is 5. The number of nitrogens with two attached hydrogens (primary N) is 1. The molecule has 2 aromatic rings. The standard InChI is InChI=1S/C18H23N5O/c19-16-8-9-20-17(22-16)14-4-6-15(7-5-14)18(24)21-10-13-23-11-2-1-3-12-23/h4-9H,1-3,10-13H2,(H,21,24)(H2,19,20,22). The van der Waals surface area contributed by atoms with Gasteiger partial charge in [0.05, 0.1) is 0 Å². The molecule has 0 bridgehead atoms. The molecule has 1 fully saturated rings. The molecule has 24 heavy (non-hydrogen) atoms. The lowest BCUT2D eigenvalue weighted by Crippen LogP contribution is -2.37. The van der Waals surface area contributed by atoms with Crippen LogP contribution in [0.25, 0.3) is 11.4 Å². The van der Waals surface area contributed by atoms with Gasteiger partial charge in [0.2, 0.25) is 0 Å². The Morgan fingerprint density at radius 2 is 1.88 bits per heavy atom. The second-order valence-corrected chi connectivity index (χ2v) is 6.04. The fourth-order valence-corrected chi connectivity index (χ4v) is 2.90. The molecule has 3 N–H and O–H groups in total. The third-order valence-electron chi connectivity index (χ3n) is 4.24. The molecule has 1 aromatic heterocycles. The first-order valence-corrected chi connectivity index (χ1v) is 8.42. The van der Waals surface area contributed by atoms with Crippen molar-refractivity contribution in [1.29, 1.82) is 0 Å². The third-order valence-corrected chi connectivity index (χ3v) is 4.24. The molecule has 1 aromatic carbocycles. The van der Waals surface area contributed by atoms with Crippen LogP contribution in [0, 0.1) is 0 Å². The second kappa shape index (κ2) is 7.88. The van der Waals surface area contributed by atoms with E-state index in [1.807, 2.05) is 12.1 Å². The van der Waals surface area contributed by atoms with Crippen LogP contribution in [0.1, 0.15) is 29.6 Å². The van der Waals surface area contributed by atoms with Gasteiger partial charge in [0.15, 0.2) is 5.82 Å². The van der Waals surface area contributed by atoms with E-state index in [0.29, 0.717) is 23.8 Å². The number of hydrogen-bond acceptors (Lipinski definition) is 5. The highest BCUT2D eigenvalue weighted by atomic mass is 16.1. The molecular formula is C18H23N5O. The summed E-state index contributed by atoms with van der Waals surface area (Å²) in [4.78, 5) is 23.0. The number of benzene rings is 1. The minimum Gasteiger partial charge on any atom is -0.384 e. The monoisotopic (exact) mass is 325 g/mol. The van der Waals surface area contributed by atoms with E-state index in [4.69, 9.17) is 5.73 Å². The van der Waals surface area contributed by atoms with Gasteiger partial charge >= 0.3 is 0 Å². The lowest BCUT2D eigenvalue weighted by molar-refractivity contribution is 0.0946. The summed E-state index contributed by atoms with van der Waals surface area (Å²) in [5.41, 5.74) is 7.15. The van der Waals surface area contributed by atoms with Crippen molar-refractivity contribution in [1.82, 2.24) is 20.2 Å². The smallest absolute Gasteiger partial charge is 0.251 e. The molecule has 1 aliphatic heterocycles. The van der Waals surface area contributed by atoms with Crippen LogP contribution in [-0.2, 0) is 0 Å². The third kappa shape index (κ3) is 4.29. The fraction of sp³-hybridized carbons (Fsp3) is 0.389. The number of nitrogens with zero attached hydrogens (tertiary/aromatic N) is 3. The van der Waals surface area contributed by atoms with E-state index in [-0.39, 0.29) is 5.91 Å². The zero-order chi connectivity index (χ0) is 16.8. The number of hydrogen-bond donors (Lipinski definition) is 2. The lowest BCUT2D eigenvalue weighted by atomic mass is 10.1. The number of piperidine rings is 1. The van der Waals surface area contributed by atoms with Crippen LogP contribution in [0.5, 0.6) is 0 Å². The van der Waals surface area contributed by atoms with Crippen molar-refractivity contribution in [3.05, 3.63) is 42.1 Å². The van der Waals surface area contributed by atoms with Crippen LogP contribution in [0.3, 0.4) is 0 Å². The summed E-state index contributed by atoms with van der Waals surface area (Å²) in [6.07, 6.45) is 5.48. The summed E-state index contributed by atoms with van der Waals surface area (Å²) < 4.78 is 0. The number of carbonyl (C=O) groups excluding carboxylic acids is 1. The number of carbonyl (C=O) groups is 1. The van der Waals surface area contributed by atoms with E-state index in [1.54, 1.807) is 24.4 Å². The van der Waals surface area contributed by atoms with E-state index in [1.165, 1.54) is 19.3 Å². The summed E-state index contributed by atoms with van der Waals surface area (Å²) in [7, 11) is 0. The Balaban J connectivity index is 1.53. The van der Waals surface area contributed by atoms with Crippen molar-refractivity contribution in [2.45, 2.75) is 19.3 Å². The maximum absolute atomic E-state index is 12.2. The number of anilines is 1. The highest BCUT2D eigenvalue weighted by molar-refractivity contribution is 5.94. The van der Waals surface area contributed by atoms with Crippen LogP contribution in [-0.4, -0.2) is 47.0 Å². The van der Waals surface area contributed by atoms with Crippen molar-refractivity contribution in [3.8, 4) is 11.4 Å². The fourth-order valence-electron chi connectivity index (χ4n) is 2.90. The average Bonchev–Trinajstić information content (AvgIpc) is 2.63. The number of likely N-dealkylation sites (tertiary alicyclic amines) is 1. The molecule has 2 heterocycles. The van der Waals surface area contributed by atoms with Crippen LogP contribution in [0.4, 0.5) is 5.82 Å². The quantitative estimate of drug-likeness (QED) is 0.877. The van der Waals surface area contributed by atoms with Crippen molar-refractivity contribution >= 4 is 11.7 Å². The van der Waals surface area contributed by atoms with Crippen molar-refractivity contribution in [2.24, 2.45) is 0 Å². The molecule has 0 unspecified atom stereocenters. The van der Waals surface area contributed by atoms with Crippen molar-refractivity contribution in [2.75, 3.05) is 31.9 Å². The zero-order valence-corrected chi connectivity index (χ0v) is 13.7. The van der Waals surface area contributed by atoms with E-state index in [2.05, 4.69) is 20.2 Å². The molecule has 0 radical (unpaired) electrons. The van der Waals surface area contributed by atoms with Gasteiger partial charge in [-0.25, -0.2) is 9.97 Å². The maximum Gasteiger partial charge on any atom is 0.251 e. The van der Waals surface area contributed by atoms with E-state index >= 15 is 0 Å². The van der Waals surface area contributed by atoms with E-state index < -0.39 is 0 Å². The number of aromatic nitrogens is 2. The van der Waals surface area contributed by atoms with Crippen LogP contribution in [0.2, 0.25) is 0 Å². The number of nitrogens with one attached hydrogen (secondary N) is 1. The molecule has 6 nitrogen and oxygen atoms in total. The normalized spacial score (nSPS) is 15.2. The predicted octanol–water partition coefficient (Wildman–Crippen LogP) is 1.94. The Kier molecular flexibility index (Phi) is 5.38. The van der Waals surface area contributed by atoms with E-state index in [9.17, 15) is 4.79 Å². The molecule has 0 atom stereocenters. The first-order valence-electron chi connectivity index (χ1n) is 8.42. The summed E-state index contributed by atoms with van der Waals surface area (Å²) in [5, 5.41) is 2.98. The first-order chi connectivity index (χ1) is 11.7. The summed E-state index contributed by atoms with van der Waals surface area (Å²) in [6.45, 7) is 3.88. The van der Waals surface area contributed by atoms with Gasteiger partial charge in [0.1, 0.15) is 5.82 Å².